The first-order chi connectivity index (χ1) is 27.6. The van der Waals surface area contributed by atoms with Gasteiger partial charge in [0, 0.05) is 2.74 Å². The Labute approximate surface area is 258 Å². The standard InChI is InChI=1S/C33H33N3Se/c1-3-12-22(13-4-1)30-32(23-14-5-2-6-15-23)34-36-35-33(30)26-17-8-7-16-24(26)25-19-11-21-29-31(25)27-18-9-10-20-28(27)37-29/h7-11,16-23H,1-6,12-15H2/i1D2,2D2,3D2,4D2,5D2,6D2,7D,8D,12D,13D2,14D,15D2,16D,17D,22D,23D. The fourth-order valence-electron chi connectivity index (χ4n) is 4.44. The van der Waals surface area contributed by atoms with Crippen molar-refractivity contribution in [2.75, 3.05) is 0 Å². The van der Waals surface area contributed by atoms with Crippen molar-refractivity contribution < 1.29 is 32.9 Å². The Morgan fingerprint density at radius 3 is 2.41 bits per heavy atom. The molecule has 0 amide bonds. The van der Waals surface area contributed by atoms with Gasteiger partial charge in [-0.15, -0.1) is 0 Å². The van der Waals surface area contributed by atoms with Crippen LogP contribution in [0.15, 0.2) is 66.6 Å². The molecule has 2 aliphatic carbocycles. The van der Waals surface area contributed by atoms with Gasteiger partial charge in [0.15, 0.2) is 0 Å². The summed E-state index contributed by atoms with van der Waals surface area (Å²) in [5, 5.41) is 12.2. The van der Waals surface area contributed by atoms with Crippen LogP contribution >= 0.6 is 0 Å². The van der Waals surface area contributed by atoms with E-state index < -0.39 is 128 Å². The van der Waals surface area contributed by atoms with Crippen molar-refractivity contribution in [3.63, 3.8) is 0 Å². The Morgan fingerprint density at radius 1 is 0.757 bits per heavy atom. The van der Waals surface area contributed by atoms with Gasteiger partial charge in [0.2, 0.25) is 0 Å². The number of hydrogen-bond donors (Lipinski definition) is 0. The zero-order chi connectivity index (χ0) is 46.0. The van der Waals surface area contributed by atoms with E-state index in [4.69, 9.17) is 23.3 Å². The van der Waals surface area contributed by atoms with Gasteiger partial charge in [0.1, 0.15) is 0 Å². The van der Waals surface area contributed by atoms with Crippen molar-refractivity contribution in [2.45, 2.75) is 75.6 Å². The van der Waals surface area contributed by atoms with Crippen molar-refractivity contribution in [1.82, 2.24) is 15.4 Å². The van der Waals surface area contributed by atoms with Crippen molar-refractivity contribution in [3.8, 4) is 22.4 Å². The van der Waals surface area contributed by atoms with E-state index >= 15 is 0 Å². The minimum absolute atomic E-state index is 0.0698. The third-order valence-electron chi connectivity index (χ3n) is 5.98. The molecule has 5 aromatic rings. The van der Waals surface area contributed by atoms with E-state index in [1.165, 1.54) is 6.07 Å². The van der Waals surface area contributed by atoms with Crippen molar-refractivity contribution >= 4 is 33.8 Å². The fourth-order valence-corrected chi connectivity index (χ4v) is 6.81. The summed E-state index contributed by atoms with van der Waals surface area (Å²) >= 11 is -0.351. The Hall–Kier alpha value is -2.81. The summed E-state index contributed by atoms with van der Waals surface area (Å²) < 4.78 is 215. The number of hydrogen-bond acceptors (Lipinski definition) is 3. The quantitative estimate of drug-likeness (QED) is 0.202. The SMILES string of the molecule is [2H]c1c([2H])c([2H])c(-c2cccc3[se]c4ccccc4c23)c(-c2nnnc(C3([2H])C([2H])C([2H])([2H])C([2H])([2H])C([2H])([2H])C3([2H])[2H])c2C2([2H])C([2H])C([2H])([2H])C([2H])([2H])C([2H])([2H])C2([2H])[2H])c1[2H]. The van der Waals surface area contributed by atoms with Crippen LogP contribution in [0.2, 0.25) is 0 Å². The van der Waals surface area contributed by atoms with E-state index in [1.807, 2.05) is 6.07 Å². The minimum atomic E-state index is -4.22. The zero-order valence-electron chi connectivity index (χ0n) is 42.9. The van der Waals surface area contributed by atoms with Crippen LogP contribution in [0.4, 0.5) is 0 Å². The van der Waals surface area contributed by atoms with E-state index in [1.54, 1.807) is 30.3 Å². The molecular weight excluding hydrogens is 517 g/mol. The first-order valence-corrected chi connectivity index (χ1v) is 12.9. The summed E-state index contributed by atoms with van der Waals surface area (Å²) in [6.45, 7) is 0. The molecule has 0 bridgehead atoms. The Morgan fingerprint density at radius 2 is 1.51 bits per heavy atom. The van der Waals surface area contributed by atoms with Crippen LogP contribution in [0, 0.1) is 0 Å². The van der Waals surface area contributed by atoms with Crippen molar-refractivity contribution in [1.29, 1.82) is 0 Å². The summed E-state index contributed by atoms with van der Waals surface area (Å²) in [6, 6.07) is 8.19. The molecule has 186 valence electrons. The van der Waals surface area contributed by atoms with Gasteiger partial charge in [-0.1, -0.05) is 0 Å². The molecule has 3 aromatic carbocycles. The zero-order valence-corrected chi connectivity index (χ0v) is 20.7. The summed E-state index contributed by atoms with van der Waals surface area (Å²) in [4.78, 5) is 0. The molecule has 3 nitrogen and oxygen atoms in total. The second-order valence-electron chi connectivity index (χ2n) is 8.04. The van der Waals surface area contributed by atoms with Crippen LogP contribution < -0.4 is 0 Å². The first kappa shape index (κ1) is 9.14. The number of fused-ring (bicyclic) bond motifs is 3. The van der Waals surface area contributed by atoms with Crippen molar-refractivity contribution in [2.24, 2.45) is 0 Å². The van der Waals surface area contributed by atoms with Crippen LogP contribution in [-0.2, 0) is 0 Å². The maximum absolute atomic E-state index is 9.94. The molecule has 2 saturated carbocycles. The average Bonchev–Trinajstić information content (AvgIpc) is 3.57. The summed E-state index contributed by atoms with van der Waals surface area (Å²) in [5.41, 5.74) is -5.60. The normalized spacial score (nSPS) is 48.8. The van der Waals surface area contributed by atoms with Crippen molar-refractivity contribution in [3.05, 3.63) is 77.9 Å². The monoisotopic (exact) mass is 575 g/mol. The average molecular weight is 575 g/mol. The summed E-state index contributed by atoms with van der Waals surface area (Å²) in [5.74, 6) is -8.10. The molecular formula is C33H33N3Se. The number of rotatable bonds is 4. The van der Waals surface area contributed by atoms with Crippen LogP contribution in [0.5, 0.6) is 0 Å². The molecule has 0 spiro atoms. The molecule has 4 atom stereocenters. The number of aromatic nitrogens is 3. The van der Waals surface area contributed by atoms with Gasteiger partial charge >= 0.3 is 255 Å². The van der Waals surface area contributed by atoms with Crippen LogP contribution in [0.3, 0.4) is 0 Å². The molecule has 2 heterocycles. The second-order valence-corrected chi connectivity index (χ2v) is 10.3. The molecule has 4 unspecified atom stereocenters. The molecule has 0 aliphatic heterocycles. The molecule has 0 N–H and O–H groups in total. The van der Waals surface area contributed by atoms with E-state index in [0.717, 1.165) is 8.52 Å². The van der Waals surface area contributed by atoms with Crippen LogP contribution in [0.25, 0.3) is 41.7 Å². The predicted octanol–water partition coefficient (Wildman–Crippen LogP) is 8.66. The second kappa shape index (κ2) is 10.2. The Kier molecular flexibility index (Phi) is 2.51. The van der Waals surface area contributed by atoms with Gasteiger partial charge < -0.3 is 0 Å². The number of benzene rings is 3. The molecule has 0 saturated heterocycles. The van der Waals surface area contributed by atoms with Crippen LogP contribution in [0.1, 0.15) is 120 Å². The topological polar surface area (TPSA) is 38.7 Å². The number of nitrogens with zero attached hydrogens (tertiary/aromatic N) is 3. The van der Waals surface area contributed by atoms with Crippen LogP contribution in [-0.4, -0.2) is 29.9 Å². The maximum atomic E-state index is 9.94. The third kappa shape index (κ3) is 4.25. The first-order valence-electron chi connectivity index (χ1n) is 23.4. The molecule has 4 heteroatoms. The Bertz CT molecular complexity index is 2660. The third-order valence-corrected chi connectivity index (χ3v) is 8.36. The molecule has 2 aromatic heterocycles. The van der Waals surface area contributed by atoms with Gasteiger partial charge in [0.25, 0.3) is 0 Å². The van der Waals surface area contributed by atoms with Gasteiger partial charge in [-0.25, -0.2) is 0 Å². The Balaban J connectivity index is 1.76. The van der Waals surface area contributed by atoms with Gasteiger partial charge in [0.05, 0.1) is 0 Å². The molecule has 37 heavy (non-hydrogen) atoms. The molecule has 0 radical (unpaired) electrons. The molecule has 2 aliphatic rings. The summed E-state index contributed by atoms with van der Waals surface area (Å²) in [6.07, 6.45) is -38.7. The molecule has 2 fully saturated rings. The predicted molar refractivity (Wildman–Crippen MR) is 154 cm³/mol. The van der Waals surface area contributed by atoms with Gasteiger partial charge in [-0.05, 0) is 0 Å². The van der Waals surface area contributed by atoms with E-state index in [9.17, 15) is 9.60 Å². The van der Waals surface area contributed by atoms with Gasteiger partial charge in [-0.2, -0.15) is 0 Å². The van der Waals surface area contributed by atoms with E-state index in [2.05, 4.69) is 15.4 Å². The van der Waals surface area contributed by atoms with Gasteiger partial charge in [-0.3, -0.25) is 0 Å². The molecule has 7 rings (SSSR count). The van der Waals surface area contributed by atoms with E-state index in [-0.39, 0.29) is 20.1 Å². The summed E-state index contributed by atoms with van der Waals surface area (Å²) in [7, 11) is 0. The van der Waals surface area contributed by atoms with E-state index in [0.29, 0.717) is 10.8 Å². The fraction of sp³-hybridized carbons (Fsp3) is 0.364.